The molecule has 1 N–H and O–H groups in total. The van der Waals surface area contributed by atoms with E-state index in [1.165, 1.54) is 42.5 Å². The molecule has 10 heteroatoms. The molecule has 1 aromatic carbocycles. The summed E-state index contributed by atoms with van der Waals surface area (Å²) >= 11 is 0. The molecule has 0 bridgehead atoms. The molecule has 0 aliphatic heterocycles. The number of rotatable bonds is 7. The van der Waals surface area contributed by atoms with Gasteiger partial charge in [-0.1, -0.05) is 11.3 Å². The van der Waals surface area contributed by atoms with Gasteiger partial charge in [-0.2, -0.15) is 0 Å². The summed E-state index contributed by atoms with van der Waals surface area (Å²) in [6.45, 7) is -0.0177. The molecular weight excluding hydrogens is 418 g/mol. The van der Waals surface area contributed by atoms with Crippen LogP contribution >= 0.6 is 0 Å². The van der Waals surface area contributed by atoms with Gasteiger partial charge in [0.25, 0.3) is 5.91 Å². The number of nitrogens with one attached hydrogen (secondary N) is 1. The van der Waals surface area contributed by atoms with Crippen molar-refractivity contribution in [1.82, 2.24) is 29.7 Å². The van der Waals surface area contributed by atoms with Crippen LogP contribution in [0.25, 0.3) is 5.65 Å². The van der Waals surface area contributed by atoms with Crippen LogP contribution in [0.1, 0.15) is 46.1 Å². The molecule has 0 radical (unpaired) electrons. The maximum atomic E-state index is 14.2. The number of pyridine rings is 1. The van der Waals surface area contributed by atoms with Crippen molar-refractivity contribution in [3.8, 4) is 5.75 Å². The number of aromatic nitrogens is 5. The molecule has 0 unspecified atom stereocenters. The van der Waals surface area contributed by atoms with Gasteiger partial charge in [-0.25, -0.2) is 18.4 Å². The highest BCUT2D eigenvalue weighted by molar-refractivity contribution is 5.91. The monoisotopic (exact) mass is 438 g/mol. The normalized spacial score (nSPS) is 13.5. The summed E-state index contributed by atoms with van der Waals surface area (Å²) < 4.78 is 36.5. The molecule has 1 aliphatic rings. The van der Waals surface area contributed by atoms with Crippen LogP contribution < -0.4 is 10.1 Å². The summed E-state index contributed by atoms with van der Waals surface area (Å²) in [5, 5.41) is 10.3. The largest absolute Gasteiger partial charge is 0.494 e. The highest BCUT2D eigenvalue weighted by Gasteiger charge is 2.24. The van der Waals surface area contributed by atoms with Crippen LogP contribution in [0, 0.1) is 11.6 Å². The van der Waals surface area contributed by atoms with Gasteiger partial charge < -0.3 is 14.5 Å². The van der Waals surface area contributed by atoms with Crippen LogP contribution in [0.5, 0.6) is 5.75 Å². The third-order valence-electron chi connectivity index (χ3n) is 5.46. The second-order valence-electron chi connectivity index (χ2n) is 7.76. The molecule has 0 spiro atoms. The van der Waals surface area contributed by atoms with E-state index in [0.717, 1.165) is 17.4 Å². The number of hydrogen-bond acceptors (Lipinski definition) is 5. The van der Waals surface area contributed by atoms with Crippen LogP contribution in [-0.2, 0) is 13.1 Å². The van der Waals surface area contributed by atoms with E-state index in [1.54, 1.807) is 0 Å². The lowest BCUT2D eigenvalue weighted by molar-refractivity contribution is 0.0945. The number of carbonyl (C=O) groups is 1. The van der Waals surface area contributed by atoms with Crippen LogP contribution in [0.2, 0.25) is 0 Å². The van der Waals surface area contributed by atoms with Gasteiger partial charge >= 0.3 is 0 Å². The van der Waals surface area contributed by atoms with Gasteiger partial charge in [-0.15, -0.1) is 5.10 Å². The number of amides is 1. The molecule has 4 aromatic rings. The Labute approximate surface area is 181 Å². The third kappa shape index (κ3) is 3.91. The number of halogens is 2. The zero-order valence-electron chi connectivity index (χ0n) is 17.3. The van der Waals surface area contributed by atoms with Crippen LogP contribution in [0.4, 0.5) is 8.78 Å². The molecular formula is C22H20F2N6O2. The predicted molar refractivity (Wildman–Crippen MR) is 110 cm³/mol. The van der Waals surface area contributed by atoms with Gasteiger partial charge in [0.1, 0.15) is 11.5 Å². The third-order valence-corrected chi connectivity index (χ3v) is 5.46. The molecule has 5 rings (SSSR count). The Kier molecular flexibility index (Phi) is 5.04. The van der Waals surface area contributed by atoms with E-state index in [1.807, 2.05) is 16.7 Å². The second-order valence-corrected chi connectivity index (χ2v) is 7.76. The van der Waals surface area contributed by atoms with Crippen molar-refractivity contribution in [1.29, 1.82) is 0 Å². The maximum absolute atomic E-state index is 14.2. The molecule has 0 saturated heterocycles. The fourth-order valence-electron chi connectivity index (χ4n) is 3.60. The van der Waals surface area contributed by atoms with E-state index >= 15 is 0 Å². The number of fused-ring (bicyclic) bond motifs is 1. The van der Waals surface area contributed by atoms with Gasteiger partial charge in [0.05, 0.1) is 25.5 Å². The average molecular weight is 438 g/mol. The van der Waals surface area contributed by atoms with E-state index in [0.29, 0.717) is 12.5 Å². The van der Waals surface area contributed by atoms with Crippen molar-refractivity contribution in [3.63, 3.8) is 0 Å². The summed E-state index contributed by atoms with van der Waals surface area (Å²) in [6.07, 6.45) is 7.95. The number of ether oxygens (including phenoxy) is 1. The van der Waals surface area contributed by atoms with Gasteiger partial charge in [0.15, 0.2) is 17.3 Å². The second kappa shape index (κ2) is 8.03. The van der Waals surface area contributed by atoms with Crippen molar-refractivity contribution >= 4 is 11.6 Å². The molecule has 1 fully saturated rings. The number of hydrogen-bond donors (Lipinski definition) is 1. The van der Waals surface area contributed by atoms with Crippen molar-refractivity contribution in [2.75, 3.05) is 7.11 Å². The van der Waals surface area contributed by atoms with Gasteiger partial charge in [0.2, 0.25) is 0 Å². The van der Waals surface area contributed by atoms with Crippen LogP contribution in [0.3, 0.4) is 0 Å². The average Bonchev–Trinajstić information content (AvgIpc) is 3.40. The maximum Gasteiger partial charge on any atom is 0.273 e. The van der Waals surface area contributed by atoms with E-state index in [4.69, 9.17) is 4.74 Å². The number of benzene rings is 1. The topological polar surface area (TPSA) is 86.3 Å². The van der Waals surface area contributed by atoms with Gasteiger partial charge in [0, 0.05) is 24.5 Å². The lowest BCUT2D eigenvalue weighted by atomic mass is 10.2. The first-order valence-corrected chi connectivity index (χ1v) is 10.2. The quantitative estimate of drug-likeness (QED) is 0.479. The van der Waals surface area contributed by atoms with E-state index in [-0.39, 0.29) is 23.6 Å². The Morgan fingerprint density at radius 3 is 2.81 bits per heavy atom. The number of nitrogens with zero attached hydrogens (tertiary/aromatic N) is 5. The SMILES string of the molecule is COc1ccc(F)c(CNC(=O)c2cn(Cc3cn4cc(C5CC5)ccc4n3)nn2)c1F. The van der Waals surface area contributed by atoms with E-state index < -0.39 is 17.5 Å². The molecule has 1 aliphatic carbocycles. The molecule has 3 aromatic heterocycles. The number of methoxy groups -OCH3 is 1. The summed E-state index contributed by atoms with van der Waals surface area (Å²) in [5.74, 6) is -1.67. The molecule has 1 saturated carbocycles. The Hall–Kier alpha value is -3.82. The predicted octanol–water partition coefficient (Wildman–Crippen LogP) is 3.07. The minimum Gasteiger partial charge on any atom is -0.494 e. The van der Waals surface area contributed by atoms with Crippen LogP contribution in [0.15, 0.2) is 42.9 Å². The molecule has 8 nitrogen and oxygen atoms in total. The Bertz CT molecular complexity index is 1310. The summed E-state index contributed by atoms with van der Waals surface area (Å²) in [7, 11) is 1.28. The molecule has 1 amide bonds. The van der Waals surface area contributed by atoms with E-state index in [2.05, 4.69) is 32.9 Å². The Balaban J connectivity index is 1.26. The number of imidazole rings is 1. The molecule has 3 heterocycles. The number of carbonyl (C=O) groups excluding carboxylic acids is 1. The standard InChI is InChI=1S/C22H20F2N6O2/c1-32-19-6-5-17(23)16(21(19)24)8-25-22(31)18-12-30(28-27-18)11-15-10-29-9-14(13-2-3-13)4-7-20(29)26-15/h4-7,9-10,12-13H,2-3,8,11H2,1H3,(H,25,31). The van der Waals surface area contributed by atoms with Crippen LogP contribution in [-0.4, -0.2) is 37.4 Å². The summed E-state index contributed by atoms with van der Waals surface area (Å²) in [4.78, 5) is 17.0. The zero-order chi connectivity index (χ0) is 22.2. The smallest absolute Gasteiger partial charge is 0.273 e. The van der Waals surface area contributed by atoms with Crippen molar-refractivity contribution < 1.29 is 18.3 Å². The highest BCUT2D eigenvalue weighted by atomic mass is 19.1. The first-order valence-electron chi connectivity index (χ1n) is 10.2. The molecule has 0 atom stereocenters. The highest BCUT2D eigenvalue weighted by Crippen LogP contribution is 2.39. The minimum absolute atomic E-state index is 0.0356. The zero-order valence-corrected chi connectivity index (χ0v) is 17.3. The molecule has 164 valence electrons. The Morgan fingerprint density at radius 1 is 1.19 bits per heavy atom. The fraction of sp³-hybridized carbons (Fsp3) is 0.273. The lowest BCUT2D eigenvalue weighted by Crippen LogP contribution is -2.24. The minimum atomic E-state index is -0.854. The van der Waals surface area contributed by atoms with E-state index in [9.17, 15) is 13.6 Å². The first kappa shape index (κ1) is 20.1. The van der Waals surface area contributed by atoms with Crippen molar-refractivity contribution in [2.45, 2.75) is 31.8 Å². The lowest BCUT2D eigenvalue weighted by Gasteiger charge is -2.09. The van der Waals surface area contributed by atoms with Crippen molar-refractivity contribution in [2.24, 2.45) is 0 Å². The van der Waals surface area contributed by atoms with Gasteiger partial charge in [-0.3, -0.25) is 4.79 Å². The summed E-state index contributed by atoms with van der Waals surface area (Å²) in [5.41, 5.74) is 2.67. The summed E-state index contributed by atoms with van der Waals surface area (Å²) in [6, 6.07) is 6.37. The van der Waals surface area contributed by atoms with Crippen molar-refractivity contribution in [3.05, 3.63) is 77.0 Å². The fourth-order valence-corrected chi connectivity index (χ4v) is 3.60. The first-order chi connectivity index (χ1) is 15.5. The Morgan fingerprint density at radius 2 is 2.03 bits per heavy atom. The molecule has 32 heavy (non-hydrogen) atoms. The van der Waals surface area contributed by atoms with Gasteiger partial charge in [-0.05, 0) is 42.5 Å².